The van der Waals surface area contributed by atoms with Crippen molar-refractivity contribution in [1.82, 2.24) is 0 Å². The van der Waals surface area contributed by atoms with E-state index in [2.05, 4.69) is 21.2 Å². The predicted octanol–water partition coefficient (Wildman–Crippen LogP) is 5.08. The molecule has 0 fully saturated rings. The Morgan fingerprint density at radius 1 is 1.20 bits per heavy atom. The number of rotatable bonds is 4. The highest BCUT2D eigenvalue weighted by molar-refractivity contribution is 9.10. The van der Waals surface area contributed by atoms with Gasteiger partial charge in [0.1, 0.15) is 11.6 Å². The molecule has 2 aromatic rings. The Morgan fingerprint density at radius 2 is 1.95 bits per heavy atom. The first kappa shape index (κ1) is 14.9. The van der Waals surface area contributed by atoms with Crippen LogP contribution in [-0.4, -0.2) is 7.11 Å². The Bertz CT molecular complexity index is 615. The number of halogens is 2. The monoisotopic (exact) mass is 337 g/mol. The topological polar surface area (TPSA) is 21.3 Å². The minimum Gasteiger partial charge on any atom is -0.496 e. The highest BCUT2D eigenvalue weighted by atomic mass is 79.9. The zero-order valence-corrected chi connectivity index (χ0v) is 13.3. The van der Waals surface area contributed by atoms with Gasteiger partial charge < -0.3 is 10.1 Å². The Kier molecular flexibility index (Phi) is 4.65. The van der Waals surface area contributed by atoms with Crippen LogP contribution in [0.5, 0.6) is 5.75 Å². The minimum absolute atomic E-state index is 0.125. The Morgan fingerprint density at radius 3 is 2.60 bits per heavy atom. The standard InChI is InChI=1S/C16H17BrFNO/c1-10-8-13(5-7-16(10)20-3)19-11(2)14-9-12(17)4-6-15(14)18/h4-9,11,19H,1-3H3. The first-order chi connectivity index (χ1) is 9.51. The second kappa shape index (κ2) is 6.27. The third-order valence-electron chi connectivity index (χ3n) is 3.20. The molecule has 2 rings (SSSR count). The van der Waals surface area contributed by atoms with E-state index in [0.29, 0.717) is 5.56 Å². The fraction of sp³-hybridized carbons (Fsp3) is 0.250. The number of nitrogens with one attached hydrogen (secondary N) is 1. The molecule has 106 valence electrons. The number of hydrogen-bond donors (Lipinski definition) is 1. The molecule has 1 unspecified atom stereocenters. The summed E-state index contributed by atoms with van der Waals surface area (Å²) in [6, 6.07) is 10.7. The van der Waals surface area contributed by atoms with E-state index in [1.54, 1.807) is 19.2 Å². The lowest BCUT2D eigenvalue weighted by atomic mass is 10.1. The summed E-state index contributed by atoms with van der Waals surface area (Å²) in [6.45, 7) is 3.92. The normalized spacial score (nSPS) is 12.1. The molecule has 0 bridgehead atoms. The van der Waals surface area contributed by atoms with Gasteiger partial charge in [-0.15, -0.1) is 0 Å². The van der Waals surface area contributed by atoms with Crippen molar-refractivity contribution in [3.8, 4) is 5.75 Å². The van der Waals surface area contributed by atoms with Crippen molar-refractivity contribution in [2.45, 2.75) is 19.9 Å². The van der Waals surface area contributed by atoms with Crippen LogP contribution in [0.1, 0.15) is 24.1 Å². The average molecular weight is 338 g/mol. The van der Waals surface area contributed by atoms with Crippen molar-refractivity contribution in [2.24, 2.45) is 0 Å². The third kappa shape index (κ3) is 3.31. The number of anilines is 1. The van der Waals surface area contributed by atoms with E-state index < -0.39 is 0 Å². The largest absolute Gasteiger partial charge is 0.496 e. The van der Waals surface area contributed by atoms with Crippen molar-refractivity contribution in [2.75, 3.05) is 12.4 Å². The maximum atomic E-state index is 13.8. The molecule has 0 radical (unpaired) electrons. The van der Waals surface area contributed by atoms with E-state index in [4.69, 9.17) is 4.74 Å². The number of hydrogen-bond acceptors (Lipinski definition) is 2. The molecule has 0 aromatic heterocycles. The van der Waals surface area contributed by atoms with Gasteiger partial charge in [-0.2, -0.15) is 0 Å². The van der Waals surface area contributed by atoms with Crippen molar-refractivity contribution < 1.29 is 9.13 Å². The molecule has 0 amide bonds. The second-order valence-electron chi connectivity index (χ2n) is 4.72. The van der Waals surface area contributed by atoms with Gasteiger partial charge in [-0.05, 0) is 55.8 Å². The highest BCUT2D eigenvalue weighted by Gasteiger charge is 2.12. The number of aryl methyl sites for hydroxylation is 1. The Hall–Kier alpha value is -1.55. The summed E-state index contributed by atoms with van der Waals surface area (Å²) in [5, 5.41) is 3.30. The zero-order valence-electron chi connectivity index (χ0n) is 11.7. The van der Waals surface area contributed by atoms with E-state index in [9.17, 15) is 4.39 Å². The molecule has 2 nitrogen and oxygen atoms in total. The summed E-state index contributed by atoms with van der Waals surface area (Å²) in [5.41, 5.74) is 2.61. The van der Waals surface area contributed by atoms with Crippen LogP contribution in [0.3, 0.4) is 0 Å². The maximum Gasteiger partial charge on any atom is 0.128 e. The fourth-order valence-electron chi connectivity index (χ4n) is 2.14. The van der Waals surface area contributed by atoms with Crippen LogP contribution in [0.25, 0.3) is 0 Å². The van der Waals surface area contributed by atoms with Crippen LogP contribution in [0.2, 0.25) is 0 Å². The zero-order chi connectivity index (χ0) is 14.7. The molecule has 0 saturated heterocycles. The minimum atomic E-state index is -0.210. The van der Waals surface area contributed by atoms with E-state index >= 15 is 0 Å². The van der Waals surface area contributed by atoms with Crippen molar-refractivity contribution in [1.29, 1.82) is 0 Å². The van der Waals surface area contributed by atoms with Crippen LogP contribution in [0, 0.1) is 12.7 Å². The van der Waals surface area contributed by atoms with Crippen LogP contribution >= 0.6 is 15.9 Å². The molecule has 0 aliphatic carbocycles. The molecule has 0 saturated carbocycles. The van der Waals surface area contributed by atoms with Gasteiger partial charge in [-0.3, -0.25) is 0 Å². The molecule has 0 heterocycles. The second-order valence-corrected chi connectivity index (χ2v) is 5.63. The van der Waals surface area contributed by atoms with Gasteiger partial charge in [-0.1, -0.05) is 15.9 Å². The predicted molar refractivity (Wildman–Crippen MR) is 83.9 cm³/mol. The SMILES string of the molecule is COc1ccc(NC(C)c2cc(Br)ccc2F)cc1C. The fourth-order valence-corrected chi connectivity index (χ4v) is 2.52. The summed E-state index contributed by atoms with van der Waals surface area (Å²) in [6.07, 6.45) is 0. The van der Waals surface area contributed by atoms with Crippen LogP contribution in [-0.2, 0) is 0 Å². The van der Waals surface area contributed by atoms with E-state index in [1.807, 2.05) is 32.0 Å². The van der Waals surface area contributed by atoms with Gasteiger partial charge in [0.25, 0.3) is 0 Å². The lowest BCUT2D eigenvalue weighted by molar-refractivity contribution is 0.412. The van der Waals surface area contributed by atoms with E-state index in [0.717, 1.165) is 21.5 Å². The molecule has 0 spiro atoms. The average Bonchev–Trinajstić information content (AvgIpc) is 2.41. The quantitative estimate of drug-likeness (QED) is 0.840. The summed E-state index contributed by atoms with van der Waals surface area (Å²) >= 11 is 3.37. The van der Waals surface area contributed by atoms with E-state index in [-0.39, 0.29) is 11.9 Å². The first-order valence-corrected chi connectivity index (χ1v) is 7.16. The van der Waals surface area contributed by atoms with Gasteiger partial charge >= 0.3 is 0 Å². The molecular formula is C16H17BrFNO. The van der Waals surface area contributed by atoms with Gasteiger partial charge in [0.15, 0.2) is 0 Å². The summed E-state index contributed by atoms with van der Waals surface area (Å²) < 4.78 is 19.9. The van der Waals surface area contributed by atoms with Crippen molar-refractivity contribution in [3.63, 3.8) is 0 Å². The molecule has 1 atom stereocenters. The number of benzene rings is 2. The lowest BCUT2D eigenvalue weighted by Gasteiger charge is -2.17. The van der Waals surface area contributed by atoms with Gasteiger partial charge in [0.2, 0.25) is 0 Å². The smallest absolute Gasteiger partial charge is 0.128 e. The van der Waals surface area contributed by atoms with Crippen LogP contribution in [0.15, 0.2) is 40.9 Å². The number of methoxy groups -OCH3 is 1. The third-order valence-corrected chi connectivity index (χ3v) is 3.70. The van der Waals surface area contributed by atoms with Gasteiger partial charge in [-0.25, -0.2) is 4.39 Å². The molecule has 0 aliphatic heterocycles. The van der Waals surface area contributed by atoms with E-state index in [1.165, 1.54) is 6.07 Å². The molecule has 2 aromatic carbocycles. The van der Waals surface area contributed by atoms with Gasteiger partial charge in [0, 0.05) is 15.7 Å². The lowest BCUT2D eigenvalue weighted by Crippen LogP contribution is -2.08. The molecule has 4 heteroatoms. The van der Waals surface area contributed by atoms with Crippen LogP contribution < -0.4 is 10.1 Å². The highest BCUT2D eigenvalue weighted by Crippen LogP contribution is 2.27. The Balaban J connectivity index is 2.21. The van der Waals surface area contributed by atoms with Crippen molar-refractivity contribution >= 4 is 21.6 Å². The molecule has 20 heavy (non-hydrogen) atoms. The summed E-state index contributed by atoms with van der Waals surface area (Å²) in [4.78, 5) is 0. The molecule has 1 N–H and O–H groups in total. The summed E-state index contributed by atoms with van der Waals surface area (Å²) in [5.74, 6) is 0.635. The summed E-state index contributed by atoms with van der Waals surface area (Å²) in [7, 11) is 1.65. The maximum absolute atomic E-state index is 13.8. The van der Waals surface area contributed by atoms with Gasteiger partial charge in [0.05, 0.1) is 13.2 Å². The Labute approximate surface area is 127 Å². The van der Waals surface area contributed by atoms with Crippen LogP contribution in [0.4, 0.5) is 10.1 Å². The van der Waals surface area contributed by atoms with Crippen molar-refractivity contribution in [3.05, 3.63) is 57.8 Å². The molecule has 0 aliphatic rings. The molecular weight excluding hydrogens is 321 g/mol. The first-order valence-electron chi connectivity index (χ1n) is 6.37. The number of ether oxygens (including phenoxy) is 1.